The van der Waals surface area contributed by atoms with E-state index in [2.05, 4.69) is 17.1 Å². The fourth-order valence-corrected chi connectivity index (χ4v) is 2.45. The number of likely N-dealkylation sites (tertiary alicyclic amines) is 1. The van der Waals surface area contributed by atoms with Crippen molar-refractivity contribution in [2.45, 2.75) is 19.4 Å². The molecule has 3 N–H and O–H groups in total. The van der Waals surface area contributed by atoms with Crippen molar-refractivity contribution in [2.75, 3.05) is 32.8 Å². The quantitative estimate of drug-likeness (QED) is 0.763. The summed E-state index contributed by atoms with van der Waals surface area (Å²) in [5, 5.41) is 2.88. The molecule has 1 aliphatic rings. The standard InChI is InChI=1S/C16H25N3O2/c1-13-7-9-19(11-15(13)17)12-16(20)18-8-10-21-14-5-3-2-4-6-14/h2-6,13,15H,7-12,17H2,1H3,(H,18,20). The minimum Gasteiger partial charge on any atom is -0.492 e. The van der Waals surface area contributed by atoms with E-state index in [0.717, 1.165) is 25.3 Å². The van der Waals surface area contributed by atoms with Crippen LogP contribution in [0.25, 0.3) is 0 Å². The Labute approximate surface area is 126 Å². The zero-order valence-corrected chi connectivity index (χ0v) is 12.6. The van der Waals surface area contributed by atoms with Crippen molar-refractivity contribution in [3.05, 3.63) is 30.3 Å². The van der Waals surface area contributed by atoms with Crippen LogP contribution in [-0.2, 0) is 4.79 Å². The Morgan fingerprint density at radius 2 is 2.19 bits per heavy atom. The summed E-state index contributed by atoms with van der Waals surface area (Å²) >= 11 is 0. The molecule has 1 aromatic rings. The molecule has 0 spiro atoms. The SMILES string of the molecule is CC1CCN(CC(=O)NCCOc2ccccc2)CC1N. The van der Waals surface area contributed by atoms with Crippen molar-refractivity contribution in [1.82, 2.24) is 10.2 Å². The Bertz CT molecular complexity index is 438. The van der Waals surface area contributed by atoms with Gasteiger partial charge in [0.1, 0.15) is 12.4 Å². The predicted molar refractivity (Wildman–Crippen MR) is 83.1 cm³/mol. The van der Waals surface area contributed by atoms with Crippen LogP contribution in [0.3, 0.4) is 0 Å². The molecule has 1 saturated heterocycles. The number of carbonyl (C=O) groups is 1. The van der Waals surface area contributed by atoms with Gasteiger partial charge in [0.25, 0.3) is 0 Å². The summed E-state index contributed by atoms with van der Waals surface area (Å²) < 4.78 is 5.53. The van der Waals surface area contributed by atoms with Crippen molar-refractivity contribution in [3.63, 3.8) is 0 Å². The second-order valence-electron chi connectivity index (χ2n) is 5.68. The Kier molecular flexibility index (Phi) is 6.02. The first kappa shape index (κ1) is 15.8. The van der Waals surface area contributed by atoms with Gasteiger partial charge in [0.2, 0.25) is 5.91 Å². The molecule has 21 heavy (non-hydrogen) atoms. The number of ether oxygens (including phenoxy) is 1. The molecule has 0 aromatic heterocycles. The molecule has 1 amide bonds. The molecule has 1 aromatic carbocycles. The molecule has 2 atom stereocenters. The molecule has 2 unspecified atom stereocenters. The Morgan fingerprint density at radius 1 is 1.43 bits per heavy atom. The number of nitrogens with one attached hydrogen (secondary N) is 1. The number of piperidine rings is 1. The average Bonchev–Trinajstić information content (AvgIpc) is 2.49. The fourth-order valence-electron chi connectivity index (χ4n) is 2.45. The fraction of sp³-hybridized carbons (Fsp3) is 0.562. The minimum absolute atomic E-state index is 0.0356. The van der Waals surface area contributed by atoms with Gasteiger partial charge in [0.05, 0.1) is 13.1 Å². The molecule has 1 heterocycles. The Balaban J connectivity index is 1.59. The first-order chi connectivity index (χ1) is 10.1. The zero-order chi connectivity index (χ0) is 15.1. The second kappa shape index (κ2) is 8.00. The lowest BCUT2D eigenvalue weighted by Gasteiger charge is -2.34. The summed E-state index contributed by atoms with van der Waals surface area (Å²) in [6, 6.07) is 9.77. The summed E-state index contributed by atoms with van der Waals surface area (Å²) in [6.45, 7) is 5.34. The van der Waals surface area contributed by atoms with Crippen LogP contribution in [0.1, 0.15) is 13.3 Å². The van der Waals surface area contributed by atoms with Gasteiger partial charge >= 0.3 is 0 Å². The number of nitrogens with zero attached hydrogens (tertiary/aromatic N) is 1. The number of amides is 1. The van der Waals surface area contributed by atoms with Crippen LogP contribution in [0.5, 0.6) is 5.75 Å². The number of para-hydroxylation sites is 1. The number of benzene rings is 1. The summed E-state index contributed by atoms with van der Waals surface area (Å²) in [7, 11) is 0. The summed E-state index contributed by atoms with van der Waals surface area (Å²) in [5.74, 6) is 1.40. The second-order valence-corrected chi connectivity index (χ2v) is 5.68. The molecule has 2 rings (SSSR count). The summed E-state index contributed by atoms with van der Waals surface area (Å²) in [4.78, 5) is 14.0. The van der Waals surface area contributed by atoms with E-state index in [4.69, 9.17) is 10.5 Å². The minimum atomic E-state index is 0.0356. The molecule has 5 nitrogen and oxygen atoms in total. The van der Waals surface area contributed by atoms with Crippen LogP contribution in [0.15, 0.2) is 30.3 Å². The van der Waals surface area contributed by atoms with E-state index in [1.807, 2.05) is 30.3 Å². The van der Waals surface area contributed by atoms with E-state index in [9.17, 15) is 4.79 Å². The number of nitrogens with two attached hydrogens (primary N) is 1. The molecular weight excluding hydrogens is 266 g/mol. The van der Waals surface area contributed by atoms with E-state index >= 15 is 0 Å². The van der Waals surface area contributed by atoms with E-state index in [0.29, 0.717) is 25.6 Å². The highest BCUT2D eigenvalue weighted by Crippen LogP contribution is 2.14. The van der Waals surface area contributed by atoms with Gasteiger partial charge in [-0.2, -0.15) is 0 Å². The molecule has 0 saturated carbocycles. The first-order valence-corrected chi connectivity index (χ1v) is 7.57. The van der Waals surface area contributed by atoms with Gasteiger partial charge in [-0.3, -0.25) is 9.69 Å². The maximum atomic E-state index is 11.9. The number of carbonyl (C=O) groups excluding carboxylic acids is 1. The van der Waals surface area contributed by atoms with Gasteiger partial charge < -0.3 is 15.8 Å². The Hall–Kier alpha value is -1.59. The van der Waals surface area contributed by atoms with Gasteiger partial charge in [-0.25, -0.2) is 0 Å². The molecule has 0 aliphatic carbocycles. The third-order valence-electron chi connectivity index (χ3n) is 3.90. The molecule has 0 radical (unpaired) electrons. The molecular formula is C16H25N3O2. The Morgan fingerprint density at radius 3 is 2.90 bits per heavy atom. The van der Waals surface area contributed by atoms with E-state index in [1.54, 1.807) is 0 Å². The van der Waals surface area contributed by atoms with Gasteiger partial charge in [-0.1, -0.05) is 25.1 Å². The third kappa shape index (κ3) is 5.36. The van der Waals surface area contributed by atoms with Gasteiger partial charge in [-0.05, 0) is 31.0 Å². The molecule has 1 fully saturated rings. The molecule has 5 heteroatoms. The van der Waals surface area contributed by atoms with Crippen LogP contribution in [0.2, 0.25) is 0 Å². The highest BCUT2D eigenvalue weighted by molar-refractivity contribution is 5.78. The van der Waals surface area contributed by atoms with Gasteiger partial charge in [0, 0.05) is 12.6 Å². The van der Waals surface area contributed by atoms with Crippen molar-refractivity contribution in [1.29, 1.82) is 0 Å². The van der Waals surface area contributed by atoms with Crippen LogP contribution >= 0.6 is 0 Å². The van der Waals surface area contributed by atoms with Crippen LogP contribution < -0.4 is 15.8 Å². The van der Waals surface area contributed by atoms with Crippen molar-refractivity contribution < 1.29 is 9.53 Å². The van der Waals surface area contributed by atoms with Crippen LogP contribution in [0, 0.1) is 5.92 Å². The van der Waals surface area contributed by atoms with E-state index < -0.39 is 0 Å². The lowest BCUT2D eigenvalue weighted by Crippen LogP contribution is -2.50. The zero-order valence-electron chi connectivity index (χ0n) is 12.6. The lowest BCUT2D eigenvalue weighted by molar-refractivity contribution is -0.122. The number of hydrogen-bond donors (Lipinski definition) is 2. The average molecular weight is 291 g/mol. The topological polar surface area (TPSA) is 67.6 Å². The lowest BCUT2D eigenvalue weighted by atomic mass is 9.94. The van der Waals surface area contributed by atoms with Crippen molar-refractivity contribution >= 4 is 5.91 Å². The molecule has 1 aliphatic heterocycles. The number of hydrogen-bond acceptors (Lipinski definition) is 4. The van der Waals surface area contributed by atoms with E-state index in [1.165, 1.54) is 0 Å². The van der Waals surface area contributed by atoms with Crippen molar-refractivity contribution in [3.8, 4) is 5.75 Å². The highest BCUT2D eigenvalue weighted by Gasteiger charge is 2.24. The summed E-state index contributed by atoms with van der Waals surface area (Å²) in [6.07, 6.45) is 1.06. The smallest absolute Gasteiger partial charge is 0.234 e. The summed E-state index contributed by atoms with van der Waals surface area (Å²) in [5.41, 5.74) is 6.04. The van der Waals surface area contributed by atoms with Crippen LogP contribution in [0.4, 0.5) is 0 Å². The molecule has 0 bridgehead atoms. The largest absolute Gasteiger partial charge is 0.492 e. The van der Waals surface area contributed by atoms with Crippen LogP contribution in [-0.4, -0.2) is 49.6 Å². The van der Waals surface area contributed by atoms with E-state index in [-0.39, 0.29) is 11.9 Å². The third-order valence-corrected chi connectivity index (χ3v) is 3.90. The predicted octanol–water partition coefficient (Wildman–Crippen LogP) is 0.851. The maximum absolute atomic E-state index is 11.9. The van der Waals surface area contributed by atoms with Gasteiger partial charge in [-0.15, -0.1) is 0 Å². The van der Waals surface area contributed by atoms with Gasteiger partial charge in [0.15, 0.2) is 0 Å². The molecule has 116 valence electrons. The normalized spacial score (nSPS) is 22.8. The maximum Gasteiger partial charge on any atom is 0.234 e. The highest BCUT2D eigenvalue weighted by atomic mass is 16.5. The number of rotatable bonds is 6. The monoisotopic (exact) mass is 291 g/mol. The first-order valence-electron chi connectivity index (χ1n) is 7.57. The van der Waals surface area contributed by atoms with Crippen molar-refractivity contribution in [2.24, 2.45) is 11.7 Å².